The molecule has 0 bridgehead atoms. The average Bonchev–Trinajstić information content (AvgIpc) is 3.00. The first kappa shape index (κ1) is 21.8. The zero-order chi connectivity index (χ0) is 22.8. The molecule has 0 aromatic heterocycles. The van der Waals surface area contributed by atoms with Gasteiger partial charge in [-0.15, -0.1) is 0 Å². The molecule has 0 saturated carbocycles. The van der Waals surface area contributed by atoms with E-state index in [2.05, 4.69) is 4.74 Å². The lowest BCUT2D eigenvalue weighted by molar-refractivity contribution is -0.139. The minimum atomic E-state index is -4.77. The number of hydrogen-bond acceptors (Lipinski definition) is 6. The Hall–Kier alpha value is -3.86. The summed E-state index contributed by atoms with van der Waals surface area (Å²) in [5, 5.41) is 10.7. The van der Waals surface area contributed by atoms with Gasteiger partial charge in [0.15, 0.2) is 5.76 Å². The number of carbonyl (C=O) groups excluding carboxylic acids is 2. The second kappa shape index (κ2) is 8.48. The number of alkyl halides is 3. The highest BCUT2D eigenvalue weighted by Gasteiger charge is 2.35. The van der Waals surface area contributed by atoms with E-state index in [1.165, 1.54) is 30.3 Å². The van der Waals surface area contributed by atoms with E-state index in [1.807, 2.05) is 5.32 Å². The fourth-order valence-corrected chi connectivity index (χ4v) is 2.68. The Bertz CT molecular complexity index is 1060. The SMILES string of the molecule is NC(Cc1ccc(Oc2ccc(/C=C3/OC(=O)NC3=O)cc2C(F)(F)F)cc1)C(=O)O. The zero-order valence-corrected chi connectivity index (χ0v) is 15.6. The lowest BCUT2D eigenvalue weighted by Gasteiger charge is -2.15. The Kier molecular flexibility index (Phi) is 5.97. The van der Waals surface area contributed by atoms with Crippen LogP contribution in [0.2, 0.25) is 0 Å². The van der Waals surface area contributed by atoms with Crippen molar-refractivity contribution in [1.29, 1.82) is 0 Å². The second-order valence-electron chi connectivity index (χ2n) is 6.50. The number of carbonyl (C=O) groups is 3. The Morgan fingerprint density at radius 3 is 2.42 bits per heavy atom. The predicted octanol–water partition coefficient (Wildman–Crippen LogP) is 3.06. The summed E-state index contributed by atoms with van der Waals surface area (Å²) in [5.74, 6) is -2.86. The average molecular weight is 436 g/mol. The summed E-state index contributed by atoms with van der Waals surface area (Å²) >= 11 is 0. The number of nitrogens with one attached hydrogen (secondary N) is 1. The van der Waals surface area contributed by atoms with Crippen LogP contribution in [-0.2, 0) is 26.9 Å². The molecule has 2 amide bonds. The number of cyclic esters (lactones) is 1. The summed E-state index contributed by atoms with van der Waals surface area (Å²) in [5.41, 5.74) is 4.89. The summed E-state index contributed by atoms with van der Waals surface area (Å²) in [7, 11) is 0. The molecule has 1 aliphatic heterocycles. The number of alkyl carbamates (subject to hydrolysis) is 1. The molecule has 1 saturated heterocycles. The number of imide groups is 1. The monoisotopic (exact) mass is 436 g/mol. The minimum absolute atomic E-state index is 0.0301. The van der Waals surface area contributed by atoms with Gasteiger partial charge in [-0.1, -0.05) is 18.2 Å². The van der Waals surface area contributed by atoms with E-state index in [0.29, 0.717) is 5.56 Å². The van der Waals surface area contributed by atoms with Crippen LogP contribution < -0.4 is 15.8 Å². The first-order valence-corrected chi connectivity index (χ1v) is 8.74. The molecule has 0 spiro atoms. The Labute approximate surface area is 173 Å². The first-order valence-electron chi connectivity index (χ1n) is 8.74. The maximum absolute atomic E-state index is 13.5. The summed E-state index contributed by atoms with van der Waals surface area (Å²) in [6, 6.07) is 7.75. The molecule has 31 heavy (non-hydrogen) atoms. The number of amides is 2. The minimum Gasteiger partial charge on any atom is -0.480 e. The van der Waals surface area contributed by atoms with E-state index in [1.54, 1.807) is 0 Å². The number of rotatable bonds is 6. The van der Waals surface area contributed by atoms with E-state index in [0.717, 1.165) is 18.2 Å². The van der Waals surface area contributed by atoms with Crippen molar-refractivity contribution >= 4 is 24.0 Å². The number of ether oxygens (including phenoxy) is 2. The van der Waals surface area contributed by atoms with Crippen molar-refractivity contribution in [2.45, 2.75) is 18.6 Å². The first-order chi connectivity index (χ1) is 14.5. The molecule has 3 rings (SSSR count). The fourth-order valence-electron chi connectivity index (χ4n) is 2.68. The van der Waals surface area contributed by atoms with Crippen molar-refractivity contribution in [2.24, 2.45) is 5.73 Å². The van der Waals surface area contributed by atoms with Crippen LogP contribution in [0.3, 0.4) is 0 Å². The number of nitrogens with two attached hydrogens (primary N) is 1. The van der Waals surface area contributed by atoms with E-state index in [9.17, 15) is 27.6 Å². The van der Waals surface area contributed by atoms with Gasteiger partial charge in [0.2, 0.25) is 0 Å². The molecule has 2 aromatic carbocycles. The highest BCUT2D eigenvalue weighted by molar-refractivity contribution is 6.09. The molecule has 1 atom stereocenters. The van der Waals surface area contributed by atoms with Gasteiger partial charge in [-0.05, 0) is 47.9 Å². The van der Waals surface area contributed by atoms with Gasteiger partial charge in [-0.3, -0.25) is 14.9 Å². The molecule has 11 heteroatoms. The molecule has 0 aliphatic carbocycles. The van der Waals surface area contributed by atoms with Crippen molar-refractivity contribution in [3.8, 4) is 11.5 Å². The number of carboxylic acids is 1. The molecular formula is C20H15F3N2O6. The highest BCUT2D eigenvalue weighted by atomic mass is 19.4. The summed E-state index contributed by atoms with van der Waals surface area (Å²) in [4.78, 5) is 33.3. The van der Waals surface area contributed by atoms with E-state index >= 15 is 0 Å². The van der Waals surface area contributed by atoms with E-state index < -0.39 is 47.3 Å². The number of benzene rings is 2. The lowest BCUT2D eigenvalue weighted by atomic mass is 10.1. The molecule has 8 nitrogen and oxygen atoms in total. The molecule has 1 unspecified atom stereocenters. The third-order valence-corrected chi connectivity index (χ3v) is 4.17. The van der Waals surface area contributed by atoms with Crippen LogP contribution in [0.1, 0.15) is 16.7 Å². The number of carboxylic acid groups (broad SMARTS) is 1. The predicted molar refractivity (Wildman–Crippen MR) is 99.9 cm³/mol. The molecule has 1 aliphatic rings. The van der Waals surface area contributed by atoms with Gasteiger partial charge >= 0.3 is 18.2 Å². The topological polar surface area (TPSA) is 128 Å². The number of aliphatic carboxylic acids is 1. The third kappa shape index (κ3) is 5.39. The standard InChI is InChI=1S/C20H15F3N2O6/c21-20(22,23)13-7-11(9-16-17(26)25-19(29)31-16)3-6-15(13)30-12-4-1-10(2-5-12)8-14(24)18(27)28/h1-7,9,14H,8,24H2,(H,27,28)(H,25,26,29)/b16-9+. The maximum atomic E-state index is 13.5. The largest absolute Gasteiger partial charge is 0.480 e. The van der Waals surface area contributed by atoms with Crippen molar-refractivity contribution in [1.82, 2.24) is 5.32 Å². The van der Waals surface area contributed by atoms with Crippen molar-refractivity contribution < 1.29 is 42.1 Å². The third-order valence-electron chi connectivity index (χ3n) is 4.17. The Morgan fingerprint density at radius 1 is 1.19 bits per heavy atom. The van der Waals surface area contributed by atoms with Crippen LogP contribution >= 0.6 is 0 Å². The fraction of sp³-hybridized carbons (Fsp3) is 0.150. The molecule has 0 radical (unpaired) electrons. The molecular weight excluding hydrogens is 421 g/mol. The lowest BCUT2D eigenvalue weighted by Crippen LogP contribution is -2.32. The zero-order valence-electron chi connectivity index (χ0n) is 15.6. The van der Waals surface area contributed by atoms with E-state index in [4.69, 9.17) is 15.6 Å². The van der Waals surface area contributed by atoms with Gasteiger partial charge in [0.05, 0.1) is 5.56 Å². The quantitative estimate of drug-likeness (QED) is 0.594. The molecule has 4 N–H and O–H groups in total. The Morgan fingerprint density at radius 2 is 1.87 bits per heavy atom. The van der Waals surface area contributed by atoms with Crippen LogP contribution in [-0.4, -0.2) is 29.1 Å². The number of halogens is 3. The summed E-state index contributed by atoms with van der Waals surface area (Å²) in [6.45, 7) is 0. The molecule has 1 fully saturated rings. The van der Waals surface area contributed by atoms with Gasteiger partial charge in [0, 0.05) is 0 Å². The second-order valence-corrected chi connectivity index (χ2v) is 6.50. The molecule has 1 heterocycles. The summed E-state index contributed by atoms with van der Waals surface area (Å²) in [6.07, 6.45) is -4.74. The van der Waals surface area contributed by atoms with Crippen molar-refractivity contribution in [2.75, 3.05) is 0 Å². The Balaban J connectivity index is 1.84. The highest BCUT2D eigenvalue weighted by Crippen LogP contribution is 2.39. The van der Waals surface area contributed by atoms with Gasteiger partial charge in [0.25, 0.3) is 5.91 Å². The van der Waals surface area contributed by atoms with Crippen LogP contribution in [0.4, 0.5) is 18.0 Å². The van der Waals surface area contributed by atoms with Crippen LogP contribution in [0.5, 0.6) is 11.5 Å². The molecule has 2 aromatic rings. The smallest absolute Gasteiger partial charge is 0.420 e. The van der Waals surface area contributed by atoms with Crippen molar-refractivity contribution in [3.63, 3.8) is 0 Å². The maximum Gasteiger partial charge on any atom is 0.420 e. The van der Waals surface area contributed by atoms with E-state index in [-0.39, 0.29) is 17.7 Å². The van der Waals surface area contributed by atoms with Gasteiger partial charge in [-0.25, -0.2) is 4.79 Å². The van der Waals surface area contributed by atoms with Crippen LogP contribution in [0.25, 0.3) is 6.08 Å². The molecule has 162 valence electrons. The normalized spacial score (nSPS) is 16.1. The van der Waals surface area contributed by atoms with Crippen molar-refractivity contribution in [3.05, 3.63) is 64.9 Å². The van der Waals surface area contributed by atoms with Crippen LogP contribution in [0.15, 0.2) is 48.2 Å². The summed E-state index contributed by atoms with van der Waals surface area (Å²) < 4.78 is 50.5. The van der Waals surface area contributed by atoms with Gasteiger partial charge in [0.1, 0.15) is 17.5 Å². The van der Waals surface area contributed by atoms with Gasteiger partial charge in [-0.2, -0.15) is 13.2 Å². The number of hydrogen-bond donors (Lipinski definition) is 3. The van der Waals surface area contributed by atoms with Gasteiger partial charge < -0.3 is 20.3 Å². The van der Waals surface area contributed by atoms with Crippen LogP contribution in [0, 0.1) is 0 Å².